The van der Waals surface area contributed by atoms with Gasteiger partial charge in [0.25, 0.3) is 0 Å². The topological polar surface area (TPSA) is 78.6 Å². The number of nitrogen functional groups attached to an aromatic ring is 1. The molecular formula is C12H16FN3O2. The van der Waals surface area contributed by atoms with Crippen LogP contribution in [-0.4, -0.2) is 30.8 Å². The van der Waals surface area contributed by atoms with Crippen LogP contribution in [-0.2, 0) is 0 Å². The summed E-state index contributed by atoms with van der Waals surface area (Å²) < 4.78 is 13.7. The van der Waals surface area contributed by atoms with Crippen LogP contribution in [0, 0.1) is 11.7 Å². The lowest BCUT2D eigenvalue weighted by molar-refractivity contribution is 0.192. The van der Waals surface area contributed by atoms with Gasteiger partial charge in [0.2, 0.25) is 0 Å². The number of nitrogens with two attached hydrogens (primary N) is 1. The minimum Gasteiger partial charge on any atom is -0.465 e. The maximum absolute atomic E-state index is 13.7. The predicted octanol–water partition coefficient (Wildman–Crippen LogP) is 1.50. The van der Waals surface area contributed by atoms with Crippen LogP contribution >= 0.6 is 0 Å². The number of nitrogens with one attached hydrogen (secondary N) is 1. The molecule has 1 aliphatic rings. The lowest BCUT2D eigenvalue weighted by atomic mass is 10.1. The number of anilines is 2. The van der Waals surface area contributed by atoms with Crippen molar-refractivity contribution in [2.45, 2.75) is 6.42 Å². The first kappa shape index (κ1) is 12.5. The third-order valence-corrected chi connectivity index (χ3v) is 3.14. The van der Waals surface area contributed by atoms with Gasteiger partial charge in [-0.25, -0.2) is 9.18 Å². The van der Waals surface area contributed by atoms with Gasteiger partial charge in [-0.3, -0.25) is 0 Å². The van der Waals surface area contributed by atoms with E-state index in [1.54, 1.807) is 12.1 Å². The molecule has 1 heterocycles. The van der Waals surface area contributed by atoms with E-state index in [1.165, 1.54) is 6.07 Å². The van der Waals surface area contributed by atoms with Crippen LogP contribution in [0.2, 0.25) is 0 Å². The highest BCUT2D eigenvalue weighted by Gasteiger charge is 2.24. The molecule has 0 aromatic heterocycles. The van der Waals surface area contributed by atoms with Gasteiger partial charge >= 0.3 is 6.09 Å². The van der Waals surface area contributed by atoms with Gasteiger partial charge in [-0.2, -0.15) is 0 Å². The van der Waals surface area contributed by atoms with E-state index in [9.17, 15) is 9.18 Å². The third kappa shape index (κ3) is 2.82. The maximum Gasteiger partial charge on any atom is 0.404 e. The Morgan fingerprint density at radius 1 is 1.61 bits per heavy atom. The quantitative estimate of drug-likeness (QED) is 0.713. The van der Waals surface area contributed by atoms with Gasteiger partial charge < -0.3 is 21.1 Å². The van der Waals surface area contributed by atoms with Gasteiger partial charge in [-0.15, -0.1) is 0 Å². The van der Waals surface area contributed by atoms with Crippen molar-refractivity contribution >= 4 is 17.5 Å². The molecule has 4 N–H and O–H groups in total. The maximum atomic E-state index is 13.7. The van der Waals surface area contributed by atoms with Crippen molar-refractivity contribution < 1.29 is 14.3 Å². The van der Waals surface area contributed by atoms with Gasteiger partial charge in [0.1, 0.15) is 5.82 Å². The zero-order valence-corrected chi connectivity index (χ0v) is 9.90. The number of rotatable bonds is 3. The Morgan fingerprint density at radius 2 is 2.39 bits per heavy atom. The number of hydrogen-bond acceptors (Lipinski definition) is 3. The molecule has 18 heavy (non-hydrogen) atoms. The van der Waals surface area contributed by atoms with E-state index in [1.807, 2.05) is 4.90 Å². The van der Waals surface area contributed by atoms with Crippen molar-refractivity contribution in [3.05, 3.63) is 24.0 Å². The summed E-state index contributed by atoms with van der Waals surface area (Å²) in [5.74, 6) is -0.111. The van der Waals surface area contributed by atoms with Crippen LogP contribution in [0.4, 0.5) is 20.6 Å². The number of benzene rings is 1. The molecule has 0 aliphatic carbocycles. The molecule has 1 aromatic rings. The summed E-state index contributed by atoms with van der Waals surface area (Å²) in [7, 11) is 0. The van der Waals surface area contributed by atoms with Gasteiger partial charge in [-0.1, -0.05) is 0 Å². The summed E-state index contributed by atoms with van der Waals surface area (Å²) in [6.07, 6.45) is -0.170. The fraction of sp³-hybridized carbons (Fsp3) is 0.417. The van der Waals surface area contributed by atoms with Crippen LogP contribution in [0.1, 0.15) is 6.42 Å². The first-order valence-corrected chi connectivity index (χ1v) is 5.83. The molecule has 1 saturated heterocycles. The fourth-order valence-corrected chi connectivity index (χ4v) is 2.23. The molecule has 1 aromatic carbocycles. The molecule has 0 saturated carbocycles. The lowest BCUT2D eigenvalue weighted by Gasteiger charge is -2.19. The van der Waals surface area contributed by atoms with E-state index in [2.05, 4.69) is 5.32 Å². The Balaban J connectivity index is 1.97. The Labute approximate surface area is 104 Å². The molecule has 1 fully saturated rings. The molecule has 1 amide bonds. The Morgan fingerprint density at radius 3 is 3.06 bits per heavy atom. The minimum atomic E-state index is -1.02. The van der Waals surface area contributed by atoms with E-state index in [0.717, 1.165) is 13.0 Å². The van der Waals surface area contributed by atoms with Crippen molar-refractivity contribution in [1.29, 1.82) is 0 Å². The monoisotopic (exact) mass is 253 g/mol. The number of hydrogen-bond donors (Lipinski definition) is 3. The van der Waals surface area contributed by atoms with Gasteiger partial charge in [0.05, 0.1) is 5.69 Å². The van der Waals surface area contributed by atoms with E-state index in [-0.39, 0.29) is 11.7 Å². The molecule has 0 unspecified atom stereocenters. The van der Waals surface area contributed by atoms with E-state index in [0.29, 0.717) is 24.5 Å². The second kappa shape index (κ2) is 5.12. The third-order valence-electron chi connectivity index (χ3n) is 3.14. The number of carbonyl (C=O) groups is 1. The summed E-state index contributed by atoms with van der Waals surface area (Å²) >= 11 is 0. The molecule has 0 radical (unpaired) electrons. The highest BCUT2D eigenvalue weighted by atomic mass is 19.1. The molecule has 1 aliphatic heterocycles. The average molecular weight is 253 g/mol. The highest BCUT2D eigenvalue weighted by molar-refractivity contribution is 5.64. The van der Waals surface area contributed by atoms with Crippen LogP contribution in [0.3, 0.4) is 0 Å². The van der Waals surface area contributed by atoms with Gasteiger partial charge in [0, 0.05) is 25.3 Å². The molecule has 6 heteroatoms. The zero-order chi connectivity index (χ0) is 13.1. The SMILES string of the molecule is Nc1ccc(N2CC[C@@H](CNC(=O)O)C2)c(F)c1. The number of carboxylic acid groups (broad SMARTS) is 1. The van der Waals surface area contributed by atoms with Crippen LogP contribution in [0.5, 0.6) is 0 Å². The Hall–Kier alpha value is -1.98. The molecular weight excluding hydrogens is 237 g/mol. The summed E-state index contributed by atoms with van der Waals surface area (Å²) in [6.45, 7) is 1.79. The first-order chi connectivity index (χ1) is 8.56. The second-order valence-corrected chi connectivity index (χ2v) is 4.50. The zero-order valence-electron chi connectivity index (χ0n) is 9.90. The normalized spacial score (nSPS) is 18.9. The van der Waals surface area contributed by atoms with Crippen LogP contribution < -0.4 is 16.0 Å². The lowest BCUT2D eigenvalue weighted by Crippen LogP contribution is -2.29. The van der Waals surface area contributed by atoms with Crippen LogP contribution in [0.25, 0.3) is 0 Å². The molecule has 0 spiro atoms. The minimum absolute atomic E-state index is 0.220. The van der Waals surface area contributed by atoms with Crippen molar-refractivity contribution in [1.82, 2.24) is 5.32 Å². The Bertz CT molecular complexity index is 453. The van der Waals surface area contributed by atoms with E-state index < -0.39 is 6.09 Å². The molecule has 98 valence electrons. The average Bonchev–Trinajstić information content (AvgIpc) is 2.75. The van der Waals surface area contributed by atoms with Crippen molar-refractivity contribution in [2.24, 2.45) is 5.92 Å². The van der Waals surface area contributed by atoms with E-state index >= 15 is 0 Å². The second-order valence-electron chi connectivity index (χ2n) is 4.50. The molecule has 0 bridgehead atoms. The van der Waals surface area contributed by atoms with Crippen molar-refractivity contribution in [3.63, 3.8) is 0 Å². The van der Waals surface area contributed by atoms with E-state index in [4.69, 9.17) is 10.8 Å². The van der Waals surface area contributed by atoms with Gasteiger partial charge in [-0.05, 0) is 30.5 Å². The number of amides is 1. The summed E-state index contributed by atoms with van der Waals surface area (Å²) in [6, 6.07) is 4.64. The summed E-state index contributed by atoms with van der Waals surface area (Å²) in [5.41, 5.74) is 6.43. The fourth-order valence-electron chi connectivity index (χ4n) is 2.23. The highest BCUT2D eigenvalue weighted by Crippen LogP contribution is 2.27. The van der Waals surface area contributed by atoms with Gasteiger partial charge in [0.15, 0.2) is 0 Å². The van der Waals surface area contributed by atoms with Crippen molar-refractivity contribution in [3.8, 4) is 0 Å². The van der Waals surface area contributed by atoms with Crippen molar-refractivity contribution in [2.75, 3.05) is 30.3 Å². The molecule has 2 rings (SSSR count). The predicted molar refractivity (Wildman–Crippen MR) is 67.2 cm³/mol. The smallest absolute Gasteiger partial charge is 0.404 e. The molecule has 5 nitrogen and oxygen atoms in total. The first-order valence-electron chi connectivity index (χ1n) is 5.83. The Kier molecular flexibility index (Phi) is 3.55. The number of nitrogens with zero attached hydrogens (tertiary/aromatic N) is 1. The summed E-state index contributed by atoms with van der Waals surface area (Å²) in [4.78, 5) is 12.3. The number of halogens is 1. The standard InChI is InChI=1S/C12H16FN3O2/c13-10-5-9(14)1-2-11(10)16-4-3-8(7-16)6-15-12(17)18/h1-2,5,8,15H,3-4,6-7,14H2,(H,17,18)/t8-/m0/s1. The molecule has 1 atom stereocenters. The van der Waals surface area contributed by atoms with Crippen LogP contribution in [0.15, 0.2) is 18.2 Å². The largest absolute Gasteiger partial charge is 0.465 e. The summed E-state index contributed by atoms with van der Waals surface area (Å²) in [5, 5.41) is 10.9.